The fourth-order valence-corrected chi connectivity index (χ4v) is 2.08. The third-order valence-electron chi connectivity index (χ3n) is 3.26. The molecule has 2 aromatic rings. The number of amides is 2. The minimum atomic E-state index is -0.671. The van der Waals surface area contributed by atoms with Crippen LogP contribution in [0.2, 0.25) is 0 Å². The van der Waals surface area contributed by atoms with Crippen LogP contribution < -0.4 is 10.1 Å². The van der Waals surface area contributed by atoms with E-state index in [-0.39, 0.29) is 11.8 Å². The zero-order valence-electron chi connectivity index (χ0n) is 13.4. The van der Waals surface area contributed by atoms with Crippen LogP contribution in [0, 0.1) is 0 Å². The van der Waals surface area contributed by atoms with Gasteiger partial charge in [-0.3, -0.25) is 9.59 Å². The van der Waals surface area contributed by atoms with E-state index in [1.165, 1.54) is 4.90 Å². The van der Waals surface area contributed by atoms with E-state index in [9.17, 15) is 9.59 Å². The topological polar surface area (TPSA) is 58.6 Å². The molecule has 2 amide bonds. The number of nitrogens with one attached hydrogen (secondary N) is 1. The molecular weight excluding hydrogens is 292 g/mol. The molecule has 0 aliphatic heterocycles. The van der Waals surface area contributed by atoms with Gasteiger partial charge in [-0.25, -0.2) is 0 Å². The molecule has 5 nitrogen and oxygen atoms in total. The van der Waals surface area contributed by atoms with Gasteiger partial charge in [-0.05, 0) is 31.2 Å². The SMILES string of the molecule is C[C@@H](Oc1ccccc1C(=O)Nc1ccccc1)C(=O)N(C)C. The van der Waals surface area contributed by atoms with Crippen LogP contribution in [0.5, 0.6) is 5.75 Å². The van der Waals surface area contributed by atoms with Crippen LogP contribution in [0.3, 0.4) is 0 Å². The summed E-state index contributed by atoms with van der Waals surface area (Å²) in [7, 11) is 3.33. The molecule has 120 valence electrons. The Hall–Kier alpha value is -2.82. The largest absolute Gasteiger partial charge is 0.480 e. The molecular formula is C18H20N2O3. The number of carbonyl (C=O) groups is 2. The predicted molar refractivity (Wildman–Crippen MR) is 89.6 cm³/mol. The molecule has 1 atom stereocenters. The summed E-state index contributed by atoms with van der Waals surface area (Å²) in [5, 5.41) is 2.81. The molecule has 0 radical (unpaired) electrons. The Morgan fingerprint density at radius 2 is 1.61 bits per heavy atom. The molecule has 2 rings (SSSR count). The fraction of sp³-hybridized carbons (Fsp3) is 0.222. The Bertz CT molecular complexity index is 684. The summed E-state index contributed by atoms with van der Waals surface area (Å²) in [6.07, 6.45) is -0.671. The number of para-hydroxylation sites is 2. The van der Waals surface area contributed by atoms with Crippen molar-refractivity contribution in [3.8, 4) is 5.75 Å². The van der Waals surface area contributed by atoms with Gasteiger partial charge in [0.2, 0.25) is 0 Å². The third kappa shape index (κ3) is 4.32. The summed E-state index contributed by atoms with van der Waals surface area (Å²) in [6.45, 7) is 1.66. The highest BCUT2D eigenvalue weighted by Gasteiger charge is 2.20. The van der Waals surface area contributed by atoms with Crippen molar-refractivity contribution in [1.29, 1.82) is 0 Å². The molecule has 5 heteroatoms. The van der Waals surface area contributed by atoms with Gasteiger partial charge in [-0.1, -0.05) is 30.3 Å². The normalized spacial score (nSPS) is 11.4. The summed E-state index contributed by atoms with van der Waals surface area (Å²) in [5.41, 5.74) is 1.08. The zero-order chi connectivity index (χ0) is 16.8. The number of hydrogen-bond donors (Lipinski definition) is 1. The Labute approximate surface area is 135 Å². The lowest BCUT2D eigenvalue weighted by Gasteiger charge is -2.19. The molecule has 0 heterocycles. The number of carbonyl (C=O) groups excluding carboxylic acids is 2. The van der Waals surface area contributed by atoms with Gasteiger partial charge in [0.25, 0.3) is 11.8 Å². The Morgan fingerprint density at radius 1 is 1.00 bits per heavy atom. The molecule has 2 aromatic carbocycles. The van der Waals surface area contributed by atoms with E-state index < -0.39 is 6.10 Å². The van der Waals surface area contributed by atoms with Crippen molar-refractivity contribution in [1.82, 2.24) is 4.90 Å². The Kier molecular flexibility index (Phi) is 5.36. The first-order chi connectivity index (χ1) is 11.0. The number of rotatable bonds is 5. The second-order valence-electron chi connectivity index (χ2n) is 5.31. The highest BCUT2D eigenvalue weighted by molar-refractivity contribution is 6.06. The molecule has 1 N–H and O–H groups in total. The van der Waals surface area contributed by atoms with Crippen LogP contribution in [-0.2, 0) is 4.79 Å². The lowest BCUT2D eigenvalue weighted by atomic mass is 10.1. The number of ether oxygens (including phenoxy) is 1. The number of nitrogens with zero attached hydrogens (tertiary/aromatic N) is 1. The molecule has 0 fully saturated rings. The van der Waals surface area contributed by atoms with E-state index >= 15 is 0 Å². The molecule has 0 saturated carbocycles. The van der Waals surface area contributed by atoms with E-state index in [0.717, 1.165) is 0 Å². The maximum atomic E-state index is 12.4. The summed E-state index contributed by atoms with van der Waals surface area (Å²) >= 11 is 0. The summed E-state index contributed by atoms with van der Waals surface area (Å²) < 4.78 is 5.68. The highest BCUT2D eigenvalue weighted by atomic mass is 16.5. The summed E-state index contributed by atoms with van der Waals surface area (Å²) in [6, 6.07) is 16.0. The van der Waals surface area contributed by atoms with E-state index in [4.69, 9.17) is 4.74 Å². The van der Waals surface area contributed by atoms with Crippen molar-refractivity contribution in [2.45, 2.75) is 13.0 Å². The van der Waals surface area contributed by atoms with Gasteiger partial charge in [0.05, 0.1) is 5.56 Å². The van der Waals surface area contributed by atoms with Gasteiger partial charge in [0, 0.05) is 19.8 Å². The van der Waals surface area contributed by atoms with Crippen LogP contribution in [0.25, 0.3) is 0 Å². The molecule has 0 aromatic heterocycles. The lowest BCUT2D eigenvalue weighted by molar-refractivity contribution is -0.135. The van der Waals surface area contributed by atoms with Crippen molar-refractivity contribution in [2.75, 3.05) is 19.4 Å². The Balaban J connectivity index is 2.17. The maximum Gasteiger partial charge on any atom is 0.262 e. The minimum Gasteiger partial charge on any atom is -0.480 e. The van der Waals surface area contributed by atoms with Crippen LogP contribution in [0.15, 0.2) is 54.6 Å². The van der Waals surface area contributed by atoms with Gasteiger partial charge in [-0.2, -0.15) is 0 Å². The van der Waals surface area contributed by atoms with E-state index in [2.05, 4.69) is 5.32 Å². The second-order valence-corrected chi connectivity index (χ2v) is 5.31. The Morgan fingerprint density at radius 3 is 2.26 bits per heavy atom. The van der Waals surface area contributed by atoms with Crippen molar-refractivity contribution in [3.63, 3.8) is 0 Å². The number of anilines is 1. The number of likely N-dealkylation sites (N-methyl/N-ethyl adjacent to an activating group) is 1. The van der Waals surface area contributed by atoms with Gasteiger partial charge < -0.3 is 15.0 Å². The van der Waals surface area contributed by atoms with Gasteiger partial charge >= 0.3 is 0 Å². The van der Waals surface area contributed by atoms with Crippen molar-refractivity contribution >= 4 is 17.5 Å². The van der Waals surface area contributed by atoms with Crippen molar-refractivity contribution in [2.24, 2.45) is 0 Å². The first-order valence-corrected chi connectivity index (χ1v) is 7.32. The van der Waals surface area contributed by atoms with Crippen LogP contribution in [0.4, 0.5) is 5.69 Å². The third-order valence-corrected chi connectivity index (χ3v) is 3.26. The summed E-state index contributed by atoms with van der Waals surface area (Å²) in [4.78, 5) is 25.8. The molecule has 0 saturated heterocycles. The average Bonchev–Trinajstić information content (AvgIpc) is 2.55. The highest BCUT2D eigenvalue weighted by Crippen LogP contribution is 2.21. The van der Waals surface area contributed by atoms with Crippen LogP contribution >= 0.6 is 0 Å². The van der Waals surface area contributed by atoms with Crippen molar-refractivity contribution in [3.05, 3.63) is 60.2 Å². The zero-order valence-corrected chi connectivity index (χ0v) is 13.4. The fourth-order valence-electron chi connectivity index (χ4n) is 2.08. The molecule has 0 aliphatic carbocycles. The molecule has 0 aliphatic rings. The molecule has 0 unspecified atom stereocenters. The van der Waals surface area contributed by atoms with Crippen molar-refractivity contribution < 1.29 is 14.3 Å². The van der Waals surface area contributed by atoms with Gasteiger partial charge in [0.1, 0.15) is 5.75 Å². The van der Waals surface area contributed by atoms with Crippen LogP contribution in [-0.4, -0.2) is 36.9 Å². The molecule has 23 heavy (non-hydrogen) atoms. The standard InChI is InChI=1S/C18H20N2O3/c1-13(18(22)20(2)3)23-16-12-8-7-11-15(16)17(21)19-14-9-5-4-6-10-14/h4-13H,1-3H3,(H,19,21)/t13-/m1/s1. The molecule has 0 bridgehead atoms. The minimum absolute atomic E-state index is 0.164. The quantitative estimate of drug-likeness (QED) is 0.923. The van der Waals surface area contributed by atoms with E-state index in [1.807, 2.05) is 18.2 Å². The summed E-state index contributed by atoms with van der Waals surface area (Å²) in [5.74, 6) is -0.0665. The van der Waals surface area contributed by atoms with E-state index in [0.29, 0.717) is 17.0 Å². The monoisotopic (exact) mass is 312 g/mol. The van der Waals surface area contributed by atoms with E-state index in [1.54, 1.807) is 57.4 Å². The number of hydrogen-bond acceptors (Lipinski definition) is 3. The smallest absolute Gasteiger partial charge is 0.262 e. The first kappa shape index (κ1) is 16.5. The van der Waals surface area contributed by atoms with Gasteiger partial charge in [-0.15, -0.1) is 0 Å². The molecule has 0 spiro atoms. The van der Waals surface area contributed by atoms with Crippen LogP contribution in [0.1, 0.15) is 17.3 Å². The first-order valence-electron chi connectivity index (χ1n) is 7.32. The van der Waals surface area contributed by atoms with Gasteiger partial charge in [0.15, 0.2) is 6.10 Å². The maximum absolute atomic E-state index is 12.4. The lowest BCUT2D eigenvalue weighted by Crippen LogP contribution is -2.35. The average molecular weight is 312 g/mol. The second kappa shape index (κ2) is 7.45. The number of benzene rings is 2. The predicted octanol–water partition coefficient (Wildman–Crippen LogP) is 2.79.